The topological polar surface area (TPSA) is 52.6 Å². The molecule has 1 aromatic rings. The van der Waals surface area contributed by atoms with E-state index in [0.29, 0.717) is 31.1 Å². The number of carbonyl (C=O) groups is 2. The lowest BCUT2D eigenvalue weighted by Gasteiger charge is -2.08. The Kier molecular flexibility index (Phi) is 13.1. The summed E-state index contributed by atoms with van der Waals surface area (Å²) in [5, 5.41) is 0. The summed E-state index contributed by atoms with van der Waals surface area (Å²) in [6.45, 7) is 6.98. The zero-order chi connectivity index (χ0) is 20.6. The summed E-state index contributed by atoms with van der Waals surface area (Å²) in [5.41, 5.74) is 1.24. The molecule has 0 aliphatic carbocycles. The Balaban J connectivity index is 1.98. The highest BCUT2D eigenvalue weighted by molar-refractivity contribution is 5.72. The first-order valence-corrected chi connectivity index (χ1v) is 11.0. The Morgan fingerprint density at radius 3 is 1.93 bits per heavy atom. The van der Waals surface area contributed by atoms with Crippen LogP contribution in [0.2, 0.25) is 0 Å². The minimum absolute atomic E-state index is 0.0692. The minimum atomic E-state index is -0.164. The van der Waals surface area contributed by atoms with E-state index in [1.165, 1.54) is 5.56 Å². The SMILES string of the molecule is CCCCCOC(=O)CCCCCCCCC(=O)Oc1ccc(C(C)C)cc1. The smallest absolute Gasteiger partial charge is 0.311 e. The molecule has 0 saturated carbocycles. The van der Waals surface area contributed by atoms with E-state index in [4.69, 9.17) is 9.47 Å². The molecular formula is C24H38O4. The van der Waals surface area contributed by atoms with Crippen molar-refractivity contribution < 1.29 is 19.1 Å². The van der Waals surface area contributed by atoms with Crippen LogP contribution in [0.15, 0.2) is 24.3 Å². The van der Waals surface area contributed by atoms with Crippen LogP contribution in [0.25, 0.3) is 0 Å². The number of rotatable bonds is 15. The van der Waals surface area contributed by atoms with Gasteiger partial charge in [-0.25, -0.2) is 0 Å². The molecule has 0 aliphatic heterocycles. The van der Waals surface area contributed by atoms with Gasteiger partial charge in [-0.2, -0.15) is 0 Å². The number of benzene rings is 1. The molecule has 1 rings (SSSR count). The van der Waals surface area contributed by atoms with E-state index in [0.717, 1.165) is 57.8 Å². The lowest BCUT2D eigenvalue weighted by Crippen LogP contribution is -2.07. The van der Waals surface area contributed by atoms with Crippen LogP contribution < -0.4 is 4.74 Å². The Hall–Kier alpha value is -1.84. The predicted octanol–water partition coefficient (Wildman–Crippen LogP) is 6.57. The standard InChI is InChI=1S/C24H38O4/c1-4-5-12-19-27-23(25)13-10-8-6-7-9-11-14-24(26)28-22-17-15-21(16-18-22)20(2)3/h15-18,20H,4-14,19H2,1-3H3. The van der Waals surface area contributed by atoms with E-state index < -0.39 is 0 Å². The summed E-state index contributed by atoms with van der Waals surface area (Å²) in [4.78, 5) is 23.4. The molecule has 0 spiro atoms. The van der Waals surface area contributed by atoms with Gasteiger partial charge >= 0.3 is 11.9 Å². The van der Waals surface area contributed by atoms with Gasteiger partial charge < -0.3 is 9.47 Å². The molecule has 0 heterocycles. The molecule has 0 amide bonds. The van der Waals surface area contributed by atoms with Crippen molar-refractivity contribution in [2.45, 2.75) is 97.3 Å². The highest BCUT2D eigenvalue weighted by Crippen LogP contribution is 2.19. The number of unbranched alkanes of at least 4 members (excludes halogenated alkanes) is 7. The summed E-state index contributed by atoms with van der Waals surface area (Å²) in [6, 6.07) is 7.74. The van der Waals surface area contributed by atoms with Gasteiger partial charge in [-0.1, -0.05) is 71.4 Å². The second kappa shape index (κ2) is 15.1. The number of carbonyl (C=O) groups excluding carboxylic acids is 2. The largest absolute Gasteiger partial charge is 0.466 e. The molecule has 0 saturated heterocycles. The Bertz CT molecular complexity index is 548. The third-order valence-corrected chi connectivity index (χ3v) is 4.80. The monoisotopic (exact) mass is 390 g/mol. The van der Waals surface area contributed by atoms with Gasteiger partial charge in [-0.05, 0) is 42.9 Å². The van der Waals surface area contributed by atoms with Crippen molar-refractivity contribution >= 4 is 11.9 Å². The van der Waals surface area contributed by atoms with Crippen molar-refractivity contribution in [2.24, 2.45) is 0 Å². The van der Waals surface area contributed by atoms with Crippen molar-refractivity contribution in [1.82, 2.24) is 0 Å². The van der Waals surface area contributed by atoms with Crippen molar-refractivity contribution in [3.8, 4) is 5.75 Å². The molecule has 0 N–H and O–H groups in total. The molecule has 4 nitrogen and oxygen atoms in total. The van der Waals surface area contributed by atoms with E-state index >= 15 is 0 Å². The van der Waals surface area contributed by atoms with Crippen LogP contribution in [0.5, 0.6) is 5.75 Å². The first-order chi connectivity index (χ1) is 13.5. The maximum atomic E-state index is 11.9. The van der Waals surface area contributed by atoms with Gasteiger partial charge in [0.2, 0.25) is 0 Å². The number of esters is 2. The van der Waals surface area contributed by atoms with Crippen LogP contribution >= 0.6 is 0 Å². The molecule has 4 heteroatoms. The summed E-state index contributed by atoms with van der Waals surface area (Å²) in [5.74, 6) is 0.862. The number of ether oxygens (including phenoxy) is 2. The van der Waals surface area contributed by atoms with Gasteiger partial charge in [0.25, 0.3) is 0 Å². The van der Waals surface area contributed by atoms with Crippen molar-refractivity contribution in [3.63, 3.8) is 0 Å². The lowest BCUT2D eigenvalue weighted by molar-refractivity contribution is -0.144. The van der Waals surface area contributed by atoms with Gasteiger partial charge in [-0.3, -0.25) is 9.59 Å². The highest BCUT2D eigenvalue weighted by atomic mass is 16.5. The highest BCUT2D eigenvalue weighted by Gasteiger charge is 2.06. The zero-order valence-electron chi connectivity index (χ0n) is 18.0. The Morgan fingerprint density at radius 2 is 1.36 bits per heavy atom. The molecule has 0 bridgehead atoms. The zero-order valence-corrected chi connectivity index (χ0v) is 18.0. The van der Waals surface area contributed by atoms with E-state index in [1.54, 1.807) is 0 Å². The molecule has 0 fully saturated rings. The maximum absolute atomic E-state index is 11.9. The molecule has 28 heavy (non-hydrogen) atoms. The molecule has 158 valence electrons. The molecule has 1 aromatic carbocycles. The molecule has 0 unspecified atom stereocenters. The van der Waals surface area contributed by atoms with E-state index in [1.807, 2.05) is 24.3 Å². The summed E-state index contributed by atoms with van der Waals surface area (Å²) < 4.78 is 10.6. The second-order valence-corrected chi connectivity index (χ2v) is 7.75. The first kappa shape index (κ1) is 24.2. The average molecular weight is 391 g/mol. The average Bonchev–Trinajstić information content (AvgIpc) is 2.67. The Labute approximate surface area is 171 Å². The molecule has 0 aliphatic rings. The molecule has 0 atom stereocenters. The fourth-order valence-corrected chi connectivity index (χ4v) is 2.96. The Morgan fingerprint density at radius 1 is 0.786 bits per heavy atom. The van der Waals surface area contributed by atoms with Crippen molar-refractivity contribution in [1.29, 1.82) is 0 Å². The summed E-state index contributed by atoms with van der Waals surface area (Å²) >= 11 is 0. The fourth-order valence-electron chi connectivity index (χ4n) is 2.96. The predicted molar refractivity (Wildman–Crippen MR) is 114 cm³/mol. The van der Waals surface area contributed by atoms with Crippen molar-refractivity contribution in [2.75, 3.05) is 6.61 Å². The third-order valence-electron chi connectivity index (χ3n) is 4.80. The van der Waals surface area contributed by atoms with Gasteiger partial charge in [-0.15, -0.1) is 0 Å². The van der Waals surface area contributed by atoms with Gasteiger partial charge in [0.15, 0.2) is 0 Å². The molecule has 0 radical (unpaired) electrons. The number of hydrogen-bond donors (Lipinski definition) is 0. The quantitative estimate of drug-likeness (QED) is 0.193. The summed E-state index contributed by atoms with van der Waals surface area (Å²) in [7, 11) is 0. The van der Waals surface area contributed by atoms with Gasteiger partial charge in [0.1, 0.15) is 5.75 Å². The second-order valence-electron chi connectivity index (χ2n) is 7.75. The minimum Gasteiger partial charge on any atom is -0.466 e. The lowest BCUT2D eigenvalue weighted by atomic mass is 10.0. The van der Waals surface area contributed by atoms with Crippen LogP contribution in [0.1, 0.15) is 103 Å². The van der Waals surface area contributed by atoms with E-state index in [-0.39, 0.29) is 11.9 Å². The molecule has 0 aromatic heterocycles. The van der Waals surface area contributed by atoms with Crippen molar-refractivity contribution in [3.05, 3.63) is 29.8 Å². The fraction of sp³-hybridized carbons (Fsp3) is 0.667. The van der Waals surface area contributed by atoms with E-state index in [2.05, 4.69) is 20.8 Å². The molecular weight excluding hydrogens is 352 g/mol. The number of hydrogen-bond acceptors (Lipinski definition) is 4. The third kappa shape index (κ3) is 11.8. The van der Waals surface area contributed by atoms with Crippen LogP contribution in [0.4, 0.5) is 0 Å². The van der Waals surface area contributed by atoms with E-state index in [9.17, 15) is 9.59 Å². The van der Waals surface area contributed by atoms with Gasteiger partial charge in [0, 0.05) is 12.8 Å². The first-order valence-electron chi connectivity index (χ1n) is 11.0. The van der Waals surface area contributed by atoms with Crippen LogP contribution in [0, 0.1) is 0 Å². The van der Waals surface area contributed by atoms with Crippen LogP contribution in [-0.2, 0) is 14.3 Å². The maximum Gasteiger partial charge on any atom is 0.311 e. The normalized spacial score (nSPS) is 10.9. The van der Waals surface area contributed by atoms with Crippen LogP contribution in [-0.4, -0.2) is 18.5 Å². The summed E-state index contributed by atoms with van der Waals surface area (Å²) in [6.07, 6.45) is 10.2. The van der Waals surface area contributed by atoms with Gasteiger partial charge in [0.05, 0.1) is 6.61 Å². The van der Waals surface area contributed by atoms with Crippen LogP contribution in [0.3, 0.4) is 0 Å².